The van der Waals surface area contributed by atoms with Gasteiger partial charge >= 0.3 is 0 Å². The smallest absolute Gasteiger partial charge is 0.263 e. The van der Waals surface area contributed by atoms with Crippen LogP contribution in [0.2, 0.25) is 5.02 Å². The van der Waals surface area contributed by atoms with Crippen molar-refractivity contribution in [2.45, 2.75) is 19.4 Å². The van der Waals surface area contributed by atoms with Gasteiger partial charge in [0.1, 0.15) is 5.75 Å². The average Bonchev–Trinajstić information content (AvgIpc) is 2.89. The maximum Gasteiger partial charge on any atom is 0.263 e. The van der Waals surface area contributed by atoms with Gasteiger partial charge < -0.3 is 15.4 Å². The van der Waals surface area contributed by atoms with Crippen molar-refractivity contribution in [1.82, 2.24) is 4.90 Å². The van der Waals surface area contributed by atoms with E-state index in [1.54, 1.807) is 19.1 Å². The Morgan fingerprint density at radius 1 is 1.58 bits per heavy atom. The van der Waals surface area contributed by atoms with Gasteiger partial charge in [-0.3, -0.25) is 4.79 Å². The Morgan fingerprint density at radius 3 is 2.95 bits per heavy atom. The van der Waals surface area contributed by atoms with Crippen LogP contribution in [0.25, 0.3) is 0 Å². The SMILES string of the molecule is C[C@@H](Oc1ccccc1Cl)C(=O)N1CC[C@H](CN)C1. The van der Waals surface area contributed by atoms with Crippen molar-refractivity contribution in [1.29, 1.82) is 0 Å². The lowest BCUT2D eigenvalue weighted by Gasteiger charge is -2.22. The lowest BCUT2D eigenvalue weighted by Crippen LogP contribution is -2.39. The van der Waals surface area contributed by atoms with Gasteiger partial charge in [0.15, 0.2) is 6.10 Å². The molecule has 19 heavy (non-hydrogen) atoms. The standard InChI is InChI=1S/C14H19ClN2O2/c1-10(19-13-5-3-2-4-12(13)15)14(18)17-7-6-11(8-16)9-17/h2-5,10-11H,6-9,16H2,1H3/t10-,11-/m1/s1. The molecule has 4 nitrogen and oxygen atoms in total. The highest BCUT2D eigenvalue weighted by Crippen LogP contribution is 2.25. The van der Waals surface area contributed by atoms with Gasteiger partial charge in [0, 0.05) is 13.1 Å². The second-order valence-electron chi connectivity index (χ2n) is 4.87. The van der Waals surface area contributed by atoms with Crippen molar-refractivity contribution in [2.75, 3.05) is 19.6 Å². The third-order valence-corrected chi connectivity index (χ3v) is 3.73. The van der Waals surface area contributed by atoms with Crippen LogP contribution in [0.3, 0.4) is 0 Å². The number of carbonyl (C=O) groups is 1. The van der Waals surface area contributed by atoms with Gasteiger partial charge in [-0.2, -0.15) is 0 Å². The minimum atomic E-state index is -0.531. The van der Waals surface area contributed by atoms with E-state index in [9.17, 15) is 4.79 Å². The summed E-state index contributed by atoms with van der Waals surface area (Å²) >= 11 is 6.01. The maximum absolute atomic E-state index is 12.2. The fourth-order valence-corrected chi connectivity index (χ4v) is 2.44. The van der Waals surface area contributed by atoms with Crippen LogP contribution in [0.1, 0.15) is 13.3 Å². The van der Waals surface area contributed by atoms with E-state index < -0.39 is 6.10 Å². The minimum Gasteiger partial charge on any atom is -0.479 e. The highest BCUT2D eigenvalue weighted by molar-refractivity contribution is 6.32. The second-order valence-corrected chi connectivity index (χ2v) is 5.27. The van der Waals surface area contributed by atoms with Crippen LogP contribution in [0.15, 0.2) is 24.3 Å². The number of likely N-dealkylation sites (tertiary alicyclic amines) is 1. The topological polar surface area (TPSA) is 55.6 Å². The molecule has 104 valence electrons. The van der Waals surface area contributed by atoms with Crippen molar-refractivity contribution in [3.05, 3.63) is 29.3 Å². The van der Waals surface area contributed by atoms with Gasteiger partial charge in [0.25, 0.3) is 5.91 Å². The summed E-state index contributed by atoms with van der Waals surface area (Å²) in [6.45, 7) is 3.87. The maximum atomic E-state index is 12.2. The van der Waals surface area contributed by atoms with Crippen molar-refractivity contribution in [3.8, 4) is 5.75 Å². The van der Waals surface area contributed by atoms with E-state index in [1.165, 1.54) is 0 Å². The third-order valence-electron chi connectivity index (χ3n) is 3.42. The Hall–Kier alpha value is -1.26. The van der Waals surface area contributed by atoms with E-state index >= 15 is 0 Å². The van der Waals surface area contributed by atoms with Crippen LogP contribution >= 0.6 is 11.6 Å². The monoisotopic (exact) mass is 282 g/mol. The van der Waals surface area contributed by atoms with Crippen molar-refractivity contribution in [2.24, 2.45) is 11.7 Å². The summed E-state index contributed by atoms with van der Waals surface area (Å²) in [5.41, 5.74) is 5.63. The molecular weight excluding hydrogens is 264 g/mol. The lowest BCUT2D eigenvalue weighted by atomic mass is 10.1. The highest BCUT2D eigenvalue weighted by atomic mass is 35.5. The quantitative estimate of drug-likeness (QED) is 0.918. The molecule has 1 aliphatic rings. The predicted octanol–water partition coefficient (Wildman–Crippen LogP) is 1.91. The molecule has 1 saturated heterocycles. The van der Waals surface area contributed by atoms with Crippen LogP contribution < -0.4 is 10.5 Å². The van der Waals surface area contributed by atoms with Crippen molar-refractivity contribution >= 4 is 17.5 Å². The Balaban J connectivity index is 1.95. The molecule has 0 bridgehead atoms. The molecule has 0 aromatic heterocycles. The normalized spacial score (nSPS) is 20.4. The minimum absolute atomic E-state index is 0.00382. The first-order valence-corrected chi connectivity index (χ1v) is 6.89. The molecule has 1 fully saturated rings. The molecule has 0 radical (unpaired) electrons. The summed E-state index contributed by atoms with van der Waals surface area (Å²) < 4.78 is 5.63. The summed E-state index contributed by atoms with van der Waals surface area (Å²) in [4.78, 5) is 14.1. The first-order chi connectivity index (χ1) is 9.11. The van der Waals surface area contributed by atoms with Crippen LogP contribution in [-0.4, -0.2) is 36.5 Å². The molecule has 2 atom stereocenters. The molecule has 5 heteroatoms. The summed E-state index contributed by atoms with van der Waals surface area (Å²) in [7, 11) is 0. The molecule has 1 heterocycles. The molecular formula is C14H19ClN2O2. The Kier molecular flexibility index (Phi) is 4.66. The number of benzene rings is 1. The van der Waals surface area contributed by atoms with Crippen LogP contribution in [0, 0.1) is 5.92 Å². The number of hydrogen-bond donors (Lipinski definition) is 1. The van der Waals surface area contributed by atoms with E-state index in [1.807, 2.05) is 17.0 Å². The summed E-state index contributed by atoms with van der Waals surface area (Å²) in [6, 6.07) is 7.17. The number of nitrogens with two attached hydrogens (primary N) is 1. The van der Waals surface area contributed by atoms with E-state index in [0.717, 1.165) is 19.5 Å². The number of rotatable bonds is 4. The molecule has 2 rings (SSSR count). The summed E-state index contributed by atoms with van der Waals surface area (Å²) in [5.74, 6) is 0.951. The summed E-state index contributed by atoms with van der Waals surface area (Å²) in [6.07, 6.45) is 0.442. The van der Waals surface area contributed by atoms with E-state index in [-0.39, 0.29) is 5.91 Å². The van der Waals surface area contributed by atoms with Crippen LogP contribution in [0.5, 0.6) is 5.75 Å². The first-order valence-electron chi connectivity index (χ1n) is 6.52. The van der Waals surface area contributed by atoms with Gasteiger partial charge in [-0.25, -0.2) is 0 Å². The second kappa shape index (κ2) is 6.26. The number of ether oxygens (including phenoxy) is 1. The van der Waals surface area contributed by atoms with Crippen LogP contribution in [0.4, 0.5) is 0 Å². The van der Waals surface area contributed by atoms with Gasteiger partial charge in [0.2, 0.25) is 0 Å². The first kappa shape index (κ1) is 14.2. The zero-order chi connectivity index (χ0) is 13.8. The van der Waals surface area contributed by atoms with Crippen LogP contribution in [-0.2, 0) is 4.79 Å². The van der Waals surface area contributed by atoms with E-state index in [0.29, 0.717) is 23.2 Å². The van der Waals surface area contributed by atoms with E-state index in [2.05, 4.69) is 0 Å². The zero-order valence-electron chi connectivity index (χ0n) is 11.0. The molecule has 0 unspecified atom stereocenters. The van der Waals surface area contributed by atoms with Gasteiger partial charge in [-0.05, 0) is 37.9 Å². The zero-order valence-corrected chi connectivity index (χ0v) is 11.8. The highest BCUT2D eigenvalue weighted by Gasteiger charge is 2.29. The van der Waals surface area contributed by atoms with Gasteiger partial charge in [-0.15, -0.1) is 0 Å². The van der Waals surface area contributed by atoms with Crippen molar-refractivity contribution in [3.63, 3.8) is 0 Å². The number of halogens is 1. The summed E-state index contributed by atoms with van der Waals surface area (Å²) in [5, 5.41) is 0.517. The Morgan fingerprint density at radius 2 is 2.32 bits per heavy atom. The fourth-order valence-electron chi connectivity index (χ4n) is 2.26. The molecule has 0 aliphatic carbocycles. The Labute approximate surface area is 118 Å². The molecule has 0 spiro atoms. The average molecular weight is 283 g/mol. The molecule has 0 saturated carbocycles. The largest absolute Gasteiger partial charge is 0.479 e. The molecule has 1 aliphatic heterocycles. The third kappa shape index (κ3) is 3.39. The number of amides is 1. The molecule has 1 aromatic rings. The van der Waals surface area contributed by atoms with Gasteiger partial charge in [-0.1, -0.05) is 23.7 Å². The number of carbonyl (C=O) groups excluding carboxylic acids is 1. The fraction of sp³-hybridized carbons (Fsp3) is 0.500. The molecule has 2 N–H and O–H groups in total. The molecule has 1 aromatic carbocycles. The number of nitrogens with zero attached hydrogens (tertiary/aromatic N) is 1. The van der Waals surface area contributed by atoms with Gasteiger partial charge in [0.05, 0.1) is 5.02 Å². The number of para-hydroxylation sites is 1. The molecule has 1 amide bonds. The number of hydrogen-bond acceptors (Lipinski definition) is 3. The lowest BCUT2D eigenvalue weighted by molar-refractivity contribution is -0.136. The predicted molar refractivity (Wildman–Crippen MR) is 75.3 cm³/mol. The Bertz CT molecular complexity index is 453. The van der Waals surface area contributed by atoms with Crippen molar-refractivity contribution < 1.29 is 9.53 Å². The van der Waals surface area contributed by atoms with E-state index in [4.69, 9.17) is 22.1 Å².